The van der Waals surface area contributed by atoms with Crippen LogP contribution >= 0.6 is 0 Å². The first kappa shape index (κ1) is 17.3. The lowest BCUT2D eigenvalue weighted by atomic mass is 10.2. The van der Waals surface area contributed by atoms with Gasteiger partial charge < -0.3 is 10.1 Å². The summed E-state index contributed by atoms with van der Waals surface area (Å²) in [5.74, 6) is -0.991. The number of pyridine rings is 1. The van der Waals surface area contributed by atoms with Crippen molar-refractivity contribution in [2.75, 3.05) is 5.32 Å². The van der Waals surface area contributed by atoms with Gasteiger partial charge in [-0.15, -0.1) is 0 Å². The number of amides is 1. The van der Waals surface area contributed by atoms with Gasteiger partial charge in [0.15, 0.2) is 11.6 Å². The van der Waals surface area contributed by atoms with E-state index in [1.54, 1.807) is 30.5 Å². The second-order valence-corrected chi connectivity index (χ2v) is 5.31. The summed E-state index contributed by atoms with van der Waals surface area (Å²) in [6, 6.07) is 13.2. The predicted octanol–water partition coefficient (Wildman–Crippen LogP) is 4.80. The first-order valence-corrected chi connectivity index (χ1v) is 7.72. The molecule has 0 atom stereocenters. The monoisotopic (exact) mass is 352 g/mol. The molecule has 3 aromatic rings. The quantitative estimate of drug-likeness (QED) is 0.671. The van der Waals surface area contributed by atoms with Crippen molar-refractivity contribution < 1.29 is 18.3 Å². The van der Waals surface area contributed by atoms with Crippen molar-refractivity contribution in [2.24, 2.45) is 0 Å². The fourth-order valence-electron chi connectivity index (χ4n) is 2.16. The molecular weight excluding hydrogens is 338 g/mol. The summed E-state index contributed by atoms with van der Waals surface area (Å²) < 4.78 is 32.6. The molecule has 0 bridgehead atoms. The highest BCUT2D eigenvalue weighted by atomic mass is 19.1. The summed E-state index contributed by atoms with van der Waals surface area (Å²) in [5, 5.41) is 2.52. The maximum Gasteiger partial charge on any atom is 0.248 e. The van der Waals surface area contributed by atoms with Crippen LogP contribution in [0.15, 0.2) is 73.1 Å². The lowest BCUT2D eigenvalue weighted by molar-refractivity contribution is -0.111. The van der Waals surface area contributed by atoms with Gasteiger partial charge in [-0.1, -0.05) is 12.1 Å². The van der Waals surface area contributed by atoms with Crippen LogP contribution in [0.4, 0.5) is 14.5 Å². The average molecular weight is 352 g/mol. The molecule has 0 unspecified atom stereocenters. The molecule has 1 amide bonds. The van der Waals surface area contributed by atoms with E-state index in [1.165, 1.54) is 48.7 Å². The molecule has 4 nitrogen and oxygen atoms in total. The molecule has 0 spiro atoms. The van der Waals surface area contributed by atoms with Gasteiger partial charge in [-0.05, 0) is 54.1 Å². The molecule has 0 saturated carbocycles. The lowest BCUT2D eigenvalue weighted by Gasteiger charge is -2.06. The van der Waals surface area contributed by atoms with Gasteiger partial charge in [0.05, 0.1) is 6.20 Å². The number of hydrogen-bond donors (Lipinski definition) is 1. The van der Waals surface area contributed by atoms with E-state index in [1.807, 2.05) is 0 Å². The topological polar surface area (TPSA) is 51.2 Å². The van der Waals surface area contributed by atoms with Crippen molar-refractivity contribution >= 4 is 17.7 Å². The second kappa shape index (κ2) is 8.02. The molecule has 0 aliphatic carbocycles. The molecule has 2 aromatic carbocycles. The number of halogens is 2. The molecule has 130 valence electrons. The van der Waals surface area contributed by atoms with Crippen LogP contribution in [-0.2, 0) is 4.79 Å². The number of aromatic nitrogens is 1. The Bertz CT molecular complexity index is 944. The fraction of sp³-hybridized carbons (Fsp3) is 0. The fourth-order valence-corrected chi connectivity index (χ4v) is 2.16. The third-order valence-corrected chi connectivity index (χ3v) is 3.34. The number of rotatable bonds is 5. The molecule has 1 N–H and O–H groups in total. The van der Waals surface area contributed by atoms with Crippen molar-refractivity contribution in [1.29, 1.82) is 0 Å². The van der Waals surface area contributed by atoms with Crippen molar-refractivity contribution in [3.05, 3.63) is 90.3 Å². The highest BCUT2D eigenvalue weighted by Crippen LogP contribution is 2.24. The van der Waals surface area contributed by atoms with Gasteiger partial charge in [-0.25, -0.2) is 8.78 Å². The molecular formula is C20H14F2N2O2. The number of benzene rings is 2. The molecule has 26 heavy (non-hydrogen) atoms. The minimum atomic E-state index is -0.568. The normalized spacial score (nSPS) is 10.7. The maximum atomic E-state index is 14.1. The third-order valence-electron chi connectivity index (χ3n) is 3.34. The first-order chi connectivity index (χ1) is 12.6. The molecule has 1 aromatic heterocycles. The number of ether oxygens (including phenoxy) is 1. The standard InChI is InChI=1S/C20H14F2N2O2/c21-15-3-1-4-16(12-15)24-20(25)9-7-14-6-8-19(18(22)11-14)26-17-5-2-10-23-13-17/h1-13H,(H,24,25)/b9-7+. The minimum absolute atomic E-state index is 0.0550. The number of carbonyl (C=O) groups excluding carboxylic acids is 1. The average Bonchev–Trinajstić information content (AvgIpc) is 2.63. The highest BCUT2D eigenvalue weighted by molar-refractivity contribution is 6.01. The lowest BCUT2D eigenvalue weighted by Crippen LogP contribution is -2.07. The van der Waals surface area contributed by atoms with Crippen LogP contribution < -0.4 is 10.1 Å². The molecule has 0 aliphatic rings. The Morgan fingerprint density at radius 2 is 1.96 bits per heavy atom. The predicted molar refractivity (Wildman–Crippen MR) is 94.8 cm³/mol. The van der Waals surface area contributed by atoms with E-state index in [-0.39, 0.29) is 5.75 Å². The van der Waals surface area contributed by atoms with Gasteiger partial charge in [0, 0.05) is 18.0 Å². The van der Waals surface area contributed by atoms with Gasteiger partial charge in [-0.3, -0.25) is 9.78 Å². The largest absolute Gasteiger partial charge is 0.453 e. The van der Waals surface area contributed by atoms with Gasteiger partial charge in [-0.2, -0.15) is 0 Å². The summed E-state index contributed by atoms with van der Waals surface area (Å²) in [4.78, 5) is 15.7. The van der Waals surface area contributed by atoms with Gasteiger partial charge in [0.25, 0.3) is 0 Å². The number of anilines is 1. The zero-order valence-corrected chi connectivity index (χ0v) is 13.5. The van der Waals surface area contributed by atoms with Crippen LogP contribution in [0.5, 0.6) is 11.5 Å². The summed E-state index contributed by atoms with van der Waals surface area (Å²) in [7, 11) is 0. The van der Waals surface area contributed by atoms with Gasteiger partial charge in [0.1, 0.15) is 11.6 Å². The van der Waals surface area contributed by atoms with E-state index in [0.29, 0.717) is 17.0 Å². The molecule has 0 radical (unpaired) electrons. The summed E-state index contributed by atoms with van der Waals surface area (Å²) in [5.41, 5.74) is 0.821. The SMILES string of the molecule is O=C(/C=C/c1ccc(Oc2cccnc2)c(F)c1)Nc1cccc(F)c1. The van der Waals surface area contributed by atoms with Gasteiger partial charge in [0.2, 0.25) is 5.91 Å². The van der Waals surface area contributed by atoms with E-state index in [4.69, 9.17) is 4.74 Å². The van der Waals surface area contributed by atoms with Crippen molar-refractivity contribution in [1.82, 2.24) is 4.98 Å². The van der Waals surface area contributed by atoms with Gasteiger partial charge >= 0.3 is 0 Å². The van der Waals surface area contributed by atoms with Crippen molar-refractivity contribution in [3.63, 3.8) is 0 Å². The molecule has 0 saturated heterocycles. The Kier molecular flexibility index (Phi) is 5.34. The van der Waals surface area contributed by atoms with E-state index in [0.717, 1.165) is 0 Å². The Hall–Kier alpha value is -3.54. The summed E-state index contributed by atoms with van der Waals surface area (Å²) in [6.45, 7) is 0. The van der Waals surface area contributed by atoms with E-state index < -0.39 is 17.5 Å². The molecule has 6 heteroatoms. The molecule has 1 heterocycles. The third kappa shape index (κ3) is 4.73. The Morgan fingerprint density at radius 1 is 1.08 bits per heavy atom. The second-order valence-electron chi connectivity index (χ2n) is 5.31. The molecule has 3 rings (SSSR count). The van der Waals surface area contributed by atoms with E-state index in [9.17, 15) is 13.6 Å². The Morgan fingerprint density at radius 3 is 2.69 bits per heavy atom. The highest BCUT2D eigenvalue weighted by Gasteiger charge is 2.06. The molecule has 0 fully saturated rings. The zero-order valence-electron chi connectivity index (χ0n) is 13.5. The maximum absolute atomic E-state index is 14.1. The number of carbonyl (C=O) groups is 1. The van der Waals surface area contributed by atoms with Crippen molar-refractivity contribution in [3.8, 4) is 11.5 Å². The first-order valence-electron chi connectivity index (χ1n) is 7.72. The van der Waals surface area contributed by atoms with Crippen LogP contribution in [0.2, 0.25) is 0 Å². The number of nitrogens with one attached hydrogen (secondary N) is 1. The van der Waals surface area contributed by atoms with Crippen molar-refractivity contribution in [2.45, 2.75) is 0 Å². The Labute approximate surface area is 148 Å². The molecule has 0 aliphatic heterocycles. The van der Waals surface area contributed by atoms with Crippen LogP contribution in [0.25, 0.3) is 6.08 Å². The van der Waals surface area contributed by atoms with E-state index in [2.05, 4.69) is 10.3 Å². The van der Waals surface area contributed by atoms with E-state index >= 15 is 0 Å². The minimum Gasteiger partial charge on any atom is -0.453 e. The summed E-state index contributed by atoms with van der Waals surface area (Å²) >= 11 is 0. The van der Waals surface area contributed by atoms with Crippen LogP contribution in [0.1, 0.15) is 5.56 Å². The Balaban J connectivity index is 1.65. The van der Waals surface area contributed by atoms with Crippen LogP contribution in [-0.4, -0.2) is 10.9 Å². The zero-order chi connectivity index (χ0) is 18.4. The number of nitrogens with zero attached hydrogens (tertiary/aromatic N) is 1. The summed E-state index contributed by atoms with van der Waals surface area (Å²) in [6.07, 6.45) is 5.75. The smallest absolute Gasteiger partial charge is 0.248 e. The van der Waals surface area contributed by atoms with Crippen LogP contribution in [0, 0.1) is 11.6 Å². The number of hydrogen-bond acceptors (Lipinski definition) is 3. The van der Waals surface area contributed by atoms with Crippen LogP contribution in [0.3, 0.4) is 0 Å².